The molecule has 2 aromatic carbocycles. The Morgan fingerprint density at radius 2 is 1.88 bits per heavy atom. The van der Waals surface area contributed by atoms with E-state index >= 15 is 0 Å². The van der Waals surface area contributed by atoms with Crippen LogP contribution in [0.1, 0.15) is 13.3 Å². The van der Waals surface area contributed by atoms with E-state index in [1.165, 1.54) is 12.1 Å². The maximum absolute atomic E-state index is 13.0. The molecule has 0 bridgehead atoms. The Morgan fingerprint density at radius 3 is 2.67 bits per heavy atom. The van der Waals surface area contributed by atoms with Crippen LogP contribution in [0.4, 0.5) is 4.39 Å². The predicted octanol–water partition coefficient (Wildman–Crippen LogP) is 4.30. The molecule has 5 nitrogen and oxygen atoms in total. The Kier molecular flexibility index (Phi) is 3.57. The monoisotopic (exact) mass is 322 g/mol. The lowest BCUT2D eigenvalue weighted by Gasteiger charge is -2.01. The van der Waals surface area contributed by atoms with Crippen molar-refractivity contribution in [2.45, 2.75) is 19.9 Å². The van der Waals surface area contributed by atoms with Gasteiger partial charge < -0.3 is 9.09 Å². The van der Waals surface area contributed by atoms with Crippen molar-refractivity contribution in [2.75, 3.05) is 0 Å². The lowest BCUT2D eigenvalue weighted by Crippen LogP contribution is -1.93. The van der Waals surface area contributed by atoms with Gasteiger partial charge in [0.05, 0.1) is 17.4 Å². The molecule has 2 aromatic heterocycles. The van der Waals surface area contributed by atoms with E-state index in [1.807, 2.05) is 24.5 Å². The Hall–Kier alpha value is -3.02. The number of imidazole rings is 1. The van der Waals surface area contributed by atoms with Gasteiger partial charge in [0, 0.05) is 17.7 Å². The molecule has 0 saturated heterocycles. The van der Waals surface area contributed by atoms with Crippen molar-refractivity contribution >= 4 is 11.0 Å². The van der Waals surface area contributed by atoms with Crippen molar-refractivity contribution in [1.82, 2.24) is 19.7 Å². The molecule has 0 N–H and O–H groups in total. The summed E-state index contributed by atoms with van der Waals surface area (Å²) in [6.07, 6.45) is 2.90. The molecular formula is C18H15FN4O. The van der Waals surface area contributed by atoms with Crippen LogP contribution in [-0.2, 0) is 6.54 Å². The molecule has 2 heterocycles. The summed E-state index contributed by atoms with van der Waals surface area (Å²) >= 11 is 0. The van der Waals surface area contributed by atoms with E-state index in [4.69, 9.17) is 4.52 Å². The number of benzene rings is 2. The van der Waals surface area contributed by atoms with Crippen molar-refractivity contribution in [1.29, 1.82) is 0 Å². The van der Waals surface area contributed by atoms with Gasteiger partial charge >= 0.3 is 0 Å². The van der Waals surface area contributed by atoms with Gasteiger partial charge in [-0.2, -0.15) is 4.98 Å². The van der Waals surface area contributed by atoms with Gasteiger partial charge in [-0.3, -0.25) is 0 Å². The number of aryl methyl sites for hydroxylation is 1. The number of fused-ring (bicyclic) bond motifs is 1. The highest BCUT2D eigenvalue weighted by Gasteiger charge is 2.12. The summed E-state index contributed by atoms with van der Waals surface area (Å²) in [6, 6.07) is 11.9. The number of hydrogen-bond donors (Lipinski definition) is 0. The van der Waals surface area contributed by atoms with Gasteiger partial charge in [0.15, 0.2) is 0 Å². The van der Waals surface area contributed by atoms with Gasteiger partial charge in [-0.15, -0.1) is 0 Å². The molecule has 4 rings (SSSR count). The maximum atomic E-state index is 13.0. The van der Waals surface area contributed by atoms with Crippen LogP contribution in [0.25, 0.3) is 33.9 Å². The summed E-state index contributed by atoms with van der Waals surface area (Å²) in [6.45, 7) is 3.07. The lowest BCUT2D eigenvalue weighted by atomic mass is 10.2. The first-order valence-corrected chi connectivity index (χ1v) is 7.79. The molecule has 0 aliphatic heterocycles. The van der Waals surface area contributed by atoms with Crippen molar-refractivity contribution in [2.24, 2.45) is 0 Å². The second-order valence-corrected chi connectivity index (χ2v) is 5.57. The van der Waals surface area contributed by atoms with E-state index in [1.54, 1.807) is 12.1 Å². The lowest BCUT2D eigenvalue weighted by molar-refractivity contribution is 0.432. The van der Waals surface area contributed by atoms with Gasteiger partial charge in [0.25, 0.3) is 5.89 Å². The Labute approximate surface area is 137 Å². The highest BCUT2D eigenvalue weighted by Crippen LogP contribution is 2.25. The Morgan fingerprint density at radius 1 is 1.08 bits per heavy atom. The zero-order valence-electron chi connectivity index (χ0n) is 13.1. The molecule has 0 saturated carbocycles. The van der Waals surface area contributed by atoms with Crippen molar-refractivity contribution < 1.29 is 8.91 Å². The van der Waals surface area contributed by atoms with Crippen molar-refractivity contribution in [3.05, 3.63) is 54.6 Å². The van der Waals surface area contributed by atoms with Crippen LogP contribution < -0.4 is 0 Å². The molecule has 0 atom stereocenters. The highest BCUT2D eigenvalue weighted by atomic mass is 19.1. The fourth-order valence-corrected chi connectivity index (χ4v) is 2.67. The molecule has 0 radical (unpaired) electrons. The fourth-order valence-electron chi connectivity index (χ4n) is 2.67. The molecule has 4 aromatic rings. The third-order valence-corrected chi connectivity index (χ3v) is 3.86. The quantitative estimate of drug-likeness (QED) is 0.562. The van der Waals surface area contributed by atoms with Gasteiger partial charge in [0.2, 0.25) is 5.82 Å². The summed E-state index contributed by atoms with van der Waals surface area (Å²) in [5.41, 5.74) is 3.50. The molecule has 0 spiro atoms. The van der Waals surface area contributed by atoms with Gasteiger partial charge in [0.1, 0.15) is 5.82 Å². The van der Waals surface area contributed by atoms with E-state index in [0.717, 1.165) is 29.6 Å². The van der Waals surface area contributed by atoms with Crippen molar-refractivity contribution in [3.63, 3.8) is 0 Å². The Bertz CT molecular complexity index is 988. The largest absolute Gasteiger partial charge is 0.334 e. The molecule has 0 unspecified atom stereocenters. The van der Waals surface area contributed by atoms with Gasteiger partial charge in [-0.1, -0.05) is 12.1 Å². The smallest absolute Gasteiger partial charge is 0.258 e. The molecule has 0 amide bonds. The van der Waals surface area contributed by atoms with Gasteiger partial charge in [-0.25, -0.2) is 9.37 Å². The van der Waals surface area contributed by atoms with Crippen LogP contribution in [0.2, 0.25) is 0 Å². The van der Waals surface area contributed by atoms with Crippen LogP contribution in [-0.4, -0.2) is 19.7 Å². The number of nitrogens with zero attached hydrogens (tertiary/aromatic N) is 4. The molecule has 24 heavy (non-hydrogen) atoms. The zero-order chi connectivity index (χ0) is 16.5. The summed E-state index contributed by atoms with van der Waals surface area (Å²) < 4.78 is 20.4. The van der Waals surface area contributed by atoms with E-state index in [-0.39, 0.29) is 5.82 Å². The second kappa shape index (κ2) is 5.88. The summed E-state index contributed by atoms with van der Waals surface area (Å²) in [4.78, 5) is 8.83. The minimum atomic E-state index is -0.299. The van der Waals surface area contributed by atoms with Crippen LogP contribution in [0.3, 0.4) is 0 Å². The normalized spacial score (nSPS) is 11.2. The average molecular weight is 322 g/mol. The first-order valence-electron chi connectivity index (χ1n) is 7.79. The SMILES string of the molecule is CCCn1cnc2cc(-c3noc(-c4ccc(F)cc4)n3)ccc21. The second-order valence-electron chi connectivity index (χ2n) is 5.57. The molecule has 0 aliphatic rings. The standard InChI is InChI=1S/C18H15FN4O/c1-2-9-23-11-20-15-10-13(5-8-16(15)23)17-21-18(24-22-17)12-3-6-14(19)7-4-12/h3-8,10-11H,2,9H2,1H3. The molecule has 120 valence electrons. The van der Waals surface area contributed by atoms with E-state index in [2.05, 4.69) is 26.6 Å². The first kappa shape index (κ1) is 14.6. The summed E-state index contributed by atoms with van der Waals surface area (Å²) in [7, 11) is 0. The number of aromatic nitrogens is 4. The summed E-state index contributed by atoms with van der Waals surface area (Å²) in [5.74, 6) is 0.550. The van der Waals surface area contributed by atoms with Gasteiger partial charge in [-0.05, 0) is 48.9 Å². The number of rotatable bonds is 4. The number of halogens is 1. The Balaban J connectivity index is 1.69. The zero-order valence-corrected chi connectivity index (χ0v) is 13.1. The summed E-state index contributed by atoms with van der Waals surface area (Å²) in [5, 5.41) is 4.02. The predicted molar refractivity (Wildman–Crippen MR) is 88.7 cm³/mol. The van der Waals surface area contributed by atoms with Crippen LogP contribution >= 0.6 is 0 Å². The molecule has 0 fully saturated rings. The molecular weight excluding hydrogens is 307 g/mol. The van der Waals surface area contributed by atoms with Crippen LogP contribution in [0, 0.1) is 5.82 Å². The highest BCUT2D eigenvalue weighted by molar-refractivity contribution is 5.80. The molecule has 0 aliphatic carbocycles. The van der Waals surface area contributed by atoms with E-state index in [9.17, 15) is 4.39 Å². The van der Waals surface area contributed by atoms with Crippen LogP contribution in [0.15, 0.2) is 53.3 Å². The minimum Gasteiger partial charge on any atom is -0.334 e. The van der Waals surface area contributed by atoms with Crippen molar-refractivity contribution in [3.8, 4) is 22.8 Å². The first-order chi connectivity index (χ1) is 11.7. The number of hydrogen-bond acceptors (Lipinski definition) is 4. The van der Waals surface area contributed by atoms with E-state index in [0.29, 0.717) is 17.3 Å². The van der Waals surface area contributed by atoms with E-state index < -0.39 is 0 Å². The third kappa shape index (κ3) is 2.56. The topological polar surface area (TPSA) is 56.7 Å². The minimum absolute atomic E-state index is 0.299. The average Bonchev–Trinajstić information content (AvgIpc) is 3.23. The molecule has 6 heteroatoms. The fraction of sp³-hybridized carbons (Fsp3) is 0.167. The van der Waals surface area contributed by atoms with Crippen LogP contribution in [0.5, 0.6) is 0 Å². The maximum Gasteiger partial charge on any atom is 0.258 e. The third-order valence-electron chi connectivity index (χ3n) is 3.86.